The van der Waals surface area contributed by atoms with Gasteiger partial charge in [-0.2, -0.15) is 0 Å². The summed E-state index contributed by atoms with van der Waals surface area (Å²) in [6.45, 7) is 2.25. The molecule has 0 unspecified atom stereocenters. The Hall–Kier alpha value is -1.71. The molecule has 1 N–H and O–H groups in total. The predicted molar refractivity (Wildman–Crippen MR) is 64.8 cm³/mol. The molecule has 0 aromatic heterocycles. The van der Waals surface area contributed by atoms with Gasteiger partial charge in [0.05, 0.1) is 7.11 Å². The van der Waals surface area contributed by atoms with E-state index in [2.05, 4.69) is 4.74 Å². The van der Waals surface area contributed by atoms with Gasteiger partial charge in [-0.1, -0.05) is 0 Å². The molecular formula is C12H18O9. The SMILES string of the molecule is COC(=O)[C@H]1O[C@H](OC(C)=O)[C@H](OC(C)=O)[C@@H](OC)[C@@H]1O. The maximum Gasteiger partial charge on any atom is 0.337 e. The maximum absolute atomic E-state index is 11.6. The lowest BCUT2D eigenvalue weighted by Crippen LogP contribution is -2.62. The lowest BCUT2D eigenvalue weighted by atomic mass is 9.98. The number of ether oxygens (including phenoxy) is 5. The number of hydrogen-bond donors (Lipinski definition) is 1. The molecule has 0 bridgehead atoms. The Morgan fingerprint density at radius 3 is 2.00 bits per heavy atom. The van der Waals surface area contributed by atoms with E-state index in [1.165, 1.54) is 7.11 Å². The van der Waals surface area contributed by atoms with E-state index in [1.807, 2.05) is 0 Å². The molecule has 0 radical (unpaired) electrons. The molecule has 1 fully saturated rings. The van der Waals surface area contributed by atoms with E-state index < -0.39 is 48.6 Å². The van der Waals surface area contributed by atoms with E-state index in [4.69, 9.17) is 18.9 Å². The molecule has 1 aliphatic heterocycles. The van der Waals surface area contributed by atoms with Crippen LogP contribution in [0.25, 0.3) is 0 Å². The smallest absolute Gasteiger partial charge is 0.337 e. The van der Waals surface area contributed by atoms with Crippen molar-refractivity contribution in [2.45, 2.75) is 44.6 Å². The second-order valence-electron chi connectivity index (χ2n) is 4.32. The van der Waals surface area contributed by atoms with Gasteiger partial charge < -0.3 is 28.8 Å². The van der Waals surface area contributed by atoms with Crippen LogP contribution in [0.2, 0.25) is 0 Å². The molecule has 0 saturated carbocycles. The van der Waals surface area contributed by atoms with Gasteiger partial charge >= 0.3 is 17.9 Å². The number of esters is 3. The summed E-state index contributed by atoms with van der Waals surface area (Å²) in [6.07, 6.45) is -6.64. The van der Waals surface area contributed by atoms with Crippen molar-refractivity contribution in [3.63, 3.8) is 0 Å². The Labute approximate surface area is 121 Å². The first kappa shape index (κ1) is 17.3. The quantitative estimate of drug-likeness (QED) is 0.502. The van der Waals surface area contributed by atoms with E-state index >= 15 is 0 Å². The van der Waals surface area contributed by atoms with Crippen molar-refractivity contribution in [2.24, 2.45) is 0 Å². The van der Waals surface area contributed by atoms with Crippen LogP contribution in [-0.2, 0) is 38.1 Å². The fourth-order valence-electron chi connectivity index (χ4n) is 1.98. The molecule has 1 heterocycles. The highest BCUT2D eigenvalue weighted by atomic mass is 16.7. The van der Waals surface area contributed by atoms with Gasteiger partial charge in [0.15, 0.2) is 12.2 Å². The Morgan fingerprint density at radius 2 is 1.57 bits per heavy atom. The zero-order chi connectivity index (χ0) is 16.2. The Kier molecular flexibility index (Phi) is 6.06. The fraction of sp³-hybridized carbons (Fsp3) is 0.750. The summed E-state index contributed by atoms with van der Waals surface area (Å²) in [7, 11) is 2.36. The number of aliphatic hydroxyl groups is 1. The first-order valence-electron chi connectivity index (χ1n) is 6.10. The molecule has 1 aliphatic rings. The molecule has 0 amide bonds. The van der Waals surface area contributed by atoms with Crippen molar-refractivity contribution in [3.05, 3.63) is 0 Å². The molecule has 5 atom stereocenters. The first-order valence-corrected chi connectivity index (χ1v) is 6.10. The number of carbonyl (C=O) groups excluding carboxylic acids is 3. The maximum atomic E-state index is 11.6. The summed E-state index contributed by atoms with van der Waals surface area (Å²) in [5.41, 5.74) is 0. The molecule has 0 aromatic carbocycles. The van der Waals surface area contributed by atoms with Gasteiger partial charge in [0.1, 0.15) is 12.2 Å². The van der Waals surface area contributed by atoms with Gasteiger partial charge in [0.2, 0.25) is 6.29 Å². The van der Waals surface area contributed by atoms with Gasteiger partial charge in [0, 0.05) is 21.0 Å². The highest BCUT2D eigenvalue weighted by Gasteiger charge is 2.52. The molecule has 21 heavy (non-hydrogen) atoms. The van der Waals surface area contributed by atoms with Crippen LogP contribution in [0.5, 0.6) is 0 Å². The standard InChI is InChI=1S/C12H18O9/c1-5(13)19-10-8(17-3)7(15)9(11(16)18-4)21-12(10)20-6(2)14/h7-10,12,15H,1-4H3/t7-,8-,9-,10+,12-/m0/s1. The second-order valence-corrected chi connectivity index (χ2v) is 4.32. The average Bonchev–Trinajstić information content (AvgIpc) is 2.40. The van der Waals surface area contributed by atoms with Gasteiger partial charge in [-0.15, -0.1) is 0 Å². The molecule has 9 nitrogen and oxygen atoms in total. The minimum atomic E-state index is -1.46. The monoisotopic (exact) mass is 306 g/mol. The molecular weight excluding hydrogens is 288 g/mol. The van der Waals surface area contributed by atoms with Crippen LogP contribution in [0, 0.1) is 0 Å². The van der Waals surface area contributed by atoms with Crippen molar-refractivity contribution in [1.82, 2.24) is 0 Å². The zero-order valence-electron chi connectivity index (χ0n) is 12.1. The van der Waals surface area contributed by atoms with E-state index in [9.17, 15) is 19.5 Å². The van der Waals surface area contributed by atoms with Crippen molar-refractivity contribution in [3.8, 4) is 0 Å². The summed E-state index contributed by atoms with van der Waals surface area (Å²) in [6, 6.07) is 0. The predicted octanol–water partition coefficient (Wildman–Crippen LogP) is -1.24. The first-order chi connectivity index (χ1) is 9.81. The minimum Gasteiger partial charge on any atom is -0.467 e. The minimum absolute atomic E-state index is 0.688. The van der Waals surface area contributed by atoms with Gasteiger partial charge in [-0.3, -0.25) is 9.59 Å². The molecule has 0 aliphatic carbocycles. The van der Waals surface area contributed by atoms with Gasteiger partial charge in [0.25, 0.3) is 0 Å². The third kappa shape index (κ3) is 4.13. The second kappa shape index (κ2) is 7.34. The van der Waals surface area contributed by atoms with Crippen molar-refractivity contribution in [2.75, 3.05) is 14.2 Å². The van der Waals surface area contributed by atoms with E-state index in [0.717, 1.165) is 21.0 Å². The highest BCUT2D eigenvalue weighted by molar-refractivity contribution is 5.76. The average molecular weight is 306 g/mol. The normalized spacial score (nSPS) is 32.1. The molecule has 0 aromatic rings. The summed E-state index contributed by atoms with van der Waals surface area (Å²) in [5, 5.41) is 10.1. The van der Waals surface area contributed by atoms with Crippen LogP contribution in [0.15, 0.2) is 0 Å². The van der Waals surface area contributed by atoms with E-state index in [0.29, 0.717) is 0 Å². The lowest BCUT2D eigenvalue weighted by molar-refractivity contribution is -0.293. The van der Waals surface area contributed by atoms with E-state index in [1.54, 1.807) is 0 Å². The largest absolute Gasteiger partial charge is 0.467 e. The number of rotatable bonds is 4. The van der Waals surface area contributed by atoms with Crippen LogP contribution < -0.4 is 0 Å². The van der Waals surface area contributed by atoms with Crippen LogP contribution >= 0.6 is 0 Å². The van der Waals surface area contributed by atoms with Gasteiger partial charge in [-0.25, -0.2) is 4.79 Å². The fourth-order valence-corrected chi connectivity index (χ4v) is 1.98. The lowest BCUT2D eigenvalue weighted by Gasteiger charge is -2.41. The third-order valence-corrected chi connectivity index (χ3v) is 2.81. The van der Waals surface area contributed by atoms with Crippen LogP contribution in [0.3, 0.4) is 0 Å². The zero-order valence-corrected chi connectivity index (χ0v) is 12.1. The molecule has 120 valence electrons. The summed E-state index contributed by atoms with van der Waals surface area (Å²) in [4.78, 5) is 33.8. The summed E-state index contributed by atoms with van der Waals surface area (Å²) >= 11 is 0. The molecule has 1 rings (SSSR count). The van der Waals surface area contributed by atoms with Crippen LogP contribution in [0.1, 0.15) is 13.8 Å². The van der Waals surface area contributed by atoms with Crippen LogP contribution in [-0.4, -0.2) is 67.9 Å². The molecule has 1 saturated heterocycles. The third-order valence-electron chi connectivity index (χ3n) is 2.81. The molecule has 0 spiro atoms. The summed E-state index contributed by atoms with van der Waals surface area (Å²) < 4.78 is 24.6. The molecule has 9 heteroatoms. The topological polar surface area (TPSA) is 118 Å². The van der Waals surface area contributed by atoms with Crippen molar-refractivity contribution >= 4 is 17.9 Å². The number of aliphatic hydroxyl groups excluding tert-OH is 1. The number of carbonyl (C=O) groups is 3. The Bertz CT molecular complexity index is 408. The Morgan fingerprint density at radius 1 is 1.00 bits per heavy atom. The highest BCUT2D eigenvalue weighted by Crippen LogP contribution is 2.27. The van der Waals surface area contributed by atoms with Crippen molar-refractivity contribution < 1.29 is 43.2 Å². The van der Waals surface area contributed by atoms with Crippen LogP contribution in [0.4, 0.5) is 0 Å². The summed E-state index contributed by atoms with van der Waals surface area (Å²) in [5.74, 6) is -2.28. The van der Waals surface area contributed by atoms with Gasteiger partial charge in [-0.05, 0) is 0 Å². The number of methoxy groups -OCH3 is 2. The number of hydrogen-bond acceptors (Lipinski definition) is 9. The van der Waals surface area contributed by atoms with E-state index in [-0.39, 0.29) is 0 Å². The van der Waals surface area contributed by atoms with Crippen molar-refractivity contribution in [1.29, 1.82) is 0 Å². The Balaban J connectivity index is 3.05.